The van der Waals surface area contributed by atoms with E-state index < -0.39 is 0 Å². The summed E-state index contributed by atoms with van der Waals surface area (Å²) in [5, 5.41) is 3.74. The maximum absolute atomic E-state index is 3.74. The molecule has 1 heteroatoms. The molecule has 0 saturated heterocycles. The van der Waals surface area contributed by atoms with E-state index >= 15 is 0 Å². The number of fused-ring (bicyclic) bond motifs is 2. The second kappa shape index (κ2) is 4.94. The highest BCUT2D eigenvalue weighted by molar-refractivity contribution is 5.14. The molecule has 3 aliphatic carbocycles. The lowest BCUT2D eigenvalue weighted by Crippen LogP contribution is -2.40. The van der Waals surface area contributed by atoms with Crippen LogP contribution in [0.25, 0.3) is 0 Å². The molecule has 3 bridgehead atoms. The Morgan fingerprint density at radius 1 is 0.947 bits per heavy atom. The summed E-state index contributed by atoms with van der Waals surface area (Å²) >= 11 is 0. The molecule has 0 spiro atoms. The average molecular weight is 255 g/mol. The molecule has 0 amide bonds. The van der Waals surface area contributed by atoms with Gasteiger partial charge in [-0.2, -0.15) is 0 Å². The standard InChI is InChI=1S/C18H25N/c1-2-4-13(5-3-1)11-19-12-18-16-7-6-15-8-14(9-16)10-17(15)18/h1-5,14-19H,6-12H2. The third-order valence-corrected chi connectivity index (χ3v) is 6.10. The van der Waals surface area contributed by atoms with Gasteiger partial charge in [0.15, 0.2) is 0 Å². The molecule has 1 N–H and O–H groups in total. The third kappa shape index (κ3) is 2.23. The molecule has 102 valence electrons. The predicted octanol–water partition coefficient (Wildman–Crippen LogP) is 3.85. The van der Waals surface area contributed by atoms with Crippen molar-refractivity contribution in [2.24, 2.45) is 29.6 Å². The van der Waals surface area contributed by atoms with E-state index in [1.54, 1.807) is 25.7 Å². The molecule has 4 rings (SSSR count). The van der Waals surface area contributed by atoms with Crippen molar-refractivity contribution in [2.45, 2.75) is 38.6 Å². The molecule has 3 saturated carbocycles. The van der Waals surface area contributed by atoms with Gasteiger partial charge in [-0.15, -0.1) is 0 Å². The quantitative estimate of drug-likeness (QED) is 0.861. The second-order valence-electron chi connectivity index (χ2n) is 7.11. The minimum absolute atomic E-state index is 0.987. The van der Waals surface area contributed by atoms with Crippen molar-refractivity contribution in [3.05, 3.63) is 35.9 Å². The lowest BCUT2D eigenvalue weighted by molar-refractivity contribution is 0.0813. The van der Waals surface area contributed by atoms with E-state index in [1.165, 1.54) is 18.5 Å². The lowest BCUT2D eigenvalue weighted by Gasteiger charge is -2.42. The third-order valence-electron chi connectivity index (χ3n) is 6.10. The molecule has 5 unspecified atom stereocenters. The summed E-state index contributed by atoms with van der Waals surface area (Å²) in [6.07, 6.45) is 7.73. The summed E-state index contributed by atoms with van der Waals surface area (Å²) in [5.41, 5.74) is 1.42. The van der Waals surface area contributed by atoms with Crippen LogP contribution in [0.2, 0.25) is 0 Å². The van der Waals surface area contributed by atoms with Gasteiger partial charge in [-0.3, -0.25) is 0 Å². The number of rotatable bonds is 4. The van der Waals surface area contributed by atoms with Crippen LogP contribution in [-0.4, -0.2) is 6.54 Å². The van der Waals surface area contributed by atoms with E-state index in [9.17, 15) is 0 Å². The van der Waals surface area contributed by atoms with Gasteiger partial charge in [-0.1, -0.05) is 30.3 Å². The molecule has 0 heterocycles. The molecule has 3 aliphatic rings. The van der Waals surface area contributed by atoms with Crippen LogP contribution in [0.15, 0.2) is 30.3 Å². The summed E-state index contributed by atoms with van der Waals surface area (Å²) in [4.78, 5) is 0. The highest BCUT2D eigenvalue weighted by atomic mass is 14.9. The van der Waals surface area contributed by atoms with E-state index in [0.717, 1.165) is 36.1 Å². The van der Waals surface area contributed by atoms with E-state index in [4.69, 9.17) is 0 Å². The summed E-state index contributed by atoms with van der Waals surface area (Å²) in [6, 6.07) is 10.8. The Balaban J connectivity index is 1.36. The Labute approximate surface area is 116 Å². The summed E-state index contributed by atoms with van der Waals surface area (Å²) in [7, 11) is 0. The minimum Gasteiger partial charge on any atom is -0.312 e. The first-order valence-electron chi connectivity index (χ1n) is 8.15. The van der Waals surface area contributed by atoms with E-state index in [1.807, 2.05) is 0 Å². The maximum atomic E-state index is 3.74. The second-order valence-corrected chi connectivity index (χ2v) is 7.11. The van der Waals surface area contributed by atoms with Crippen molar-refractivity contribution in [1.82, 2.24) is 5.32 Å². The molecule has 1 aromatic carbocycles. The SMILES string of the molecule is c1ccc(CNCC2C3CCC4CC(C3)CC42)cc1. The monoisotopic (exact) mass is 255 g/mol. The van der Waals surface area contributed by atoms with E-state index in [0.29, 0.717) is 0 Å². The van der Waals surface area contributed by atoms with E-state index in [2.05, 4.69) is 35.6 Å². The van der Waals surface area contributed by atoms with Crippen LogP contribution in [0.3, 0.4) is 0 Å². The fourth-order valence-corrected chi connectivity index (χ4v) is 5.33. The van der Waals surface area contributed by atoms with Crippen LogP contribution in [-0.2, 0) is 6.54 Å². The number of benzene rings is 1. The van der Waals surface area contributed by atoms with Gasteiger partial charge in [0, 0.05) is 6.54 Å². The van der Waals surface area contributed by atoms with Crippen molar-refractivity contribution < 1.29 is 0 Å². The Bertz CT molecular complexity index is 427. The lowest BCUT2D eigenvalue weighted by atomic mass is 9.64. The Hall–Kier alpha value is -0.820. The molecule has 19 heavy (non-hydrogen) atoms. The number of nitrogens with one attached hydrogen (secondary N) is 1. The van der Waals surface area contributed by atoms with Gasteiger partial charge >= 0.3 is 0 Å². The molecule has 0 aromatic heterocycles. The normalized spacial score (nSPS) is 39.7. The van der Waals surface area contributed by atoms with Crippen LogP contribution in [0, 0.1) is 29.6 Å². The molecule has 1 aromatic rings. The summed E-state index contributed by atoms with van der Waals surface area (Å²) in [6.45, 7) is 2.30. The first-order chi connectivity index (χ1) is 9.40. The van der Waals surface area contributed by atoms with Crippen molar-refractivity contribution >= 4 is 0 Å². The maximum Gasteiger partial charge on any atom is 0.0205 e. The molecular formula is C18H25N. The number of hydrogen-bond donors (Lipinski definition) is 1. The van der Waals surface area contributed by atoms with Crippen LogP contribution in [0.5, 0.6) is 0 Å². The summed E-state index contributed by atoms with van der Waals surface area (Å²) in [5.74, 6) is 5.30. The topological polar surface area (TPSA) is 12.0 Å². The molecule has 0 aliphatic heterocycles. The van der Waals surface area contributed by atoms with Gasteiger partial charge in [0.2, 0.25) is 0 Å². The smallest absolute Gasteiger partial charge is 0.0205 e. The fraction of sp³-hybridized carbons (Fsp3) is 0.667. The van der Waals surface area contributed by atoms with Crippen molar-refractivity contribution in [3.63, 3.8) is 0 Å². The first kappa shape index (κ1) is 12.0. The van der Waals surface area contributed by atoms with Gasteiger partial charge in [0.25, 0.3) is 0 Å². The Kier molecular flexibility index (Phi) is 3.11. The van der Waals surface area contributed by atoms with Gasteiger partial charge in [-0.25, -0.2) is 0 Å². The van der Waals surface area contributed by atoms with Crippen LogP contribution < -0.4 is 5.32 Å². The molecule has 3 fully saturated rings. The molecular weight excluding hydrogens is 230 g/mol. The van der Waals surface area contributed by atoms with E-state index in [-0.39, 0.29) is 0 Å². The summed E-state index contributed by atoms with van der Waals surface area (Å²) < 4.78 is 0. The van der Waals surface area contributed by atoms with Gasteiger partial charge in [0.05, 0.1) is 0 Å². The van der Waals surface area contributed by atoms with Gasteiger partial charge < -0.3 is 5.32 Å². The molecule has 0 radical (unpaired) electrons. The fourth-order valence-electron chi connectivity index (χ4n) is 5.33. The zero-order chi connectivity index (χ0) is 12.7. The van der Waals surface area contributed by atoms with Crippen LogP contribution in [0.1, 0.15) is 37.7 Å². The largest absolute Gasteiger partial charge is 0.312 e. The minimum atomic E-state index is 0.987. The number of hydrogen-bond acceptors (Lipinski definition) is 1. The predicted molar refractivity (Wildman–Crippen MR) is 78.7 cm³/mol. The molecule has 1 nitrogen and oxygen atoms in total. The van der Waals surface area contributed by atoms with Crippen LogP contribution >= 0.6 is 0 Å². The van der Waals surface area contributed by atoms with Crippen LogP contribution in [0.4, 0.5) is 0 Å². The Morgan fingerprint density at radius 3 is 2.63 bits per heavy atom. The average Bonchev–Trinajstić information content (AvgIpc) is 2.66. The van der Waals surface area contributed by atoms with Gasteiger partial charge in [-0.05, 0) is 73.8 Å². The van der Waals surface area contributed by atoms with Gasteiger partial charge in [0.1, 0.15) is 0 Å². The zero-order valence-electron chi connectivity index (χ0n) is 11.7. The highest BCUT2D eigenvalue weighted by Crippen LogP contribution is 2.57. The van der Waals surface area contributed by atoms with Crippen molar-refractivity contribution in [3.8, 4) is 0 Å². The highest BCUT2D eigenvalue weighted by Gasteiger charge is 2.49. The Morgan fingerprint density at radius 2 is 1.74 bits per heavy atom. The van der Waals surface area contributed by atoms with Crippen molar-refractivity contribution in [2.75, 3.05) is 6.54 Å². The first-order valence-corrected chi connectivity index (χ1v) is 8.15. The molecule has 5 atom stereocenters. The zero-order valence-corrected chi connectivity index (χ0v) is 11.7. The van der Waals surface area contributed by atoms with Crippen molar-refractivity contribution in [1.29, 1.82) is 0 Å².